The van der Waals surface area contributed by atoms with Crippen molar-refractivity contribution in [1.82, 2.24) is 0 Å². The number of phosphoric ester groups is 1. The molecule has 0 spiro atoms. The van der Waals surface area contributed by atoms with Gasteiger partial charge in [0.2, 0.25) is 0 Å². The number of hydrogen-bond donors (Lipinski definition) is 1. The van der Waals surface area contributed by atoms with Crippen molar-refractivity contribution in [1.29, 1.82) is 0 Å². The first-order valence-electron chi connectivity index (χ1n) is 2.86. The first-order valence-corrected chi connectivity index (χ1v) is 6.60. The van der Waals surface area contributed by atoms with Crippen LogP contribution in [0.3, 0.4) is 0 Å². The van der Waals surface area contributed by atoms with Crippen molar-refractivity contribution in [3.8, 4) is 0 Å². The molecular weight excluding hydrogens is 326 g/mol. The Kier molecular flexibility index (Phi) is 13.2. The van der Waals surface area contributed by atoms with Crippen LogP contribution in [0.5, 0.6) is 0 Å². The van der Waals surface area contributed by atoms with Gasteiger partial charge in [-0.1, -0.05) is 31.9 Å². The average molecular weight is 336 g/mol. The van der Waals surface area contributed by atoms with Crippen LogP contribution in [0.2, 0.25) is 0 Å². The normalized spacial score (nSPS) is 10.9. The third-order valence-electron chi connectivity index (χ3n) is 0.663. The summed E-state index contributed by atoms with van der Waals surface area (Å²) in [7, 11) is -3.79. The molecule has 0 aromatic carbocycles. The summed E-state index contributed by atoms with van der Waals surface area (Å²) < 4.78 is 19.8. The summed E-state index contributed by atoms with van der Waals surface area (Å²) in [6.45, 7) is 0.326. The van der Waals surface area contributed by atoms with E-state index in [1.807, 2.05) is 0 Å². The molecule has 0 saturated carbocycles. The standard InChI is InChI=1S/C4H9Br2O4P.Na.H/c5-1-3-9-11(7,8)10-4-2-6;;/h1-4H2,(H,7,8);;. The molecule has 12 heavy (non-hydrogen) atoms. The van der Waals surface area contributed by atoms with Gasteiger partial charge in [0.05, 0.1) is 13.2 Å². The van der Waals surface area contributed by atoms with E-state index in [9.17, 15) is 4.57 Å². The molecule has 0 unspecified atom stereocenters. The van der Waals surface area contributed by atoms with Gasteiger partial charge in [-0.2, -0.15) is 0 Å². The Morgan fingerprint density at radius 1 is 1.17 bits per heavy atom. The van der Waals surface area contributed by atoms with Crippen molar-refractivity contribution in [3.63, 3.8) is 0 Å². The van der Waals surface area contributed by atoms with Gasteiger partial charge in [-0.05, 0) is 0 Å². The summed E-state index contributed by atoms with van der Waals surface area (Å²) in [6.07, 6.45) is 0. The Morgan fingerprint density at radius 2 is 1.50 bits per heavy atom. The molecule has 0 rings (SSSR count). The molecule has 0 fully saturated rings. The molecule has 0 atom stereocenters. The van der Waals surface area contributed by atoms with E-state index >= 15 is 0 Å². The number of rotatable bonds is 6. The molecule has 0 amide bonds. The van der Waals surface area contributed by atoms with Gasteiger partial charge >= 0.3 is 37.4 Å². The summed E-state index contributed by atoms with van der Waals surface area (Å²) >= 11 is 6.10. The summed E-state index contributed by atoms with van der Waals surface area (Å²) in [5, 5.41) is 1.02. The molecule has 0 aromatic rings. The quantitative estimate of drug-likeness (QED) is 0.451. The van der Waals surface area contributed by atoms with Gasteiger partial charge in [0.25, 0.3) is 0 Å². The molecule has 8 heteroatoms. The number of hydrogen-bond acceptors (Lipinski definition) is 3. The van der Waals surface area contributed by atoms with Gasteiger partial charge in [0.15, 0.2) is 0 Å². The van der Waals surface area contributed by atoms with E-state index in [-0.39, 0.29) is 42.8 Å². The molecular formula is C4H10Br2NaO4P. The number of halogens is 2. The second kappa shape index (κ2) is 9.62. The Hall–Kier alpha value is 2.07. The van der Waals surface area contributed by atoms with Crippen molar-refractivity contribution in [2.75, 3.05) is 23.9 Å². The zero-order valence-corrected chi connectivity index (χ0v) is 9.77. The van der Waals surface area contributed by atoms with Crippen molar-refractivity contribution in [3.05, 3.63) is 0 Å². The van der Waals surface area contributed by atoms with Crippen LogP contribution < -0.4 is 0 Å². The zero-order valence-electron chi connectivity index (χ0n) is 5.70. The topological polar surface area (TPSA) is 55.8 Å². The van der Waals surface area contributed by atoms with Gasteiger partial charge in [-0.3, -0.25) is 9.05 Å². The first kappa shape index (κ1) is 16.5. The van der Waals surface area contributed by atoms with E-state index in [2.05, 4.69) is 40.9 Å². The average Bonchev–Trinajstić information content (AvgIpc) is 1.97. The fraction of sp³-hybridized carbons (Fsp3) is 1.00. The van der Waals surface area contributed by atoms with Gasteiger partial charge in [0.1, 0.15) is 0 Å². The third-order valence-corrected chi connectivity index (χ3v) is 2.33. The van der Waals surface area contributed by atoms with Crippen LogP contribution in [0.15, 0.2) is 0 Å². The van der Waals surface area contributed by atoms with Crippen LogP contribution in [0.25, 0.3) is 0 Å². The predicted octanol–water partition coefficient (Wildman–Crippen LogP) is 1.26. The fourth-order valence-corrected chi connectivity index (χ4v) is 1.88. The van der Waals surface area contributed by atoms with E-state index in [0.29, 0.717) is 10.7 Å². The Bertz CT molecular complexity index is 135. The summed E-state index contributed by atoms with van der Waals surface area (Å²) in [4.78, 5) is 8.85. The maximum atomic E-state index is 10.8. The Labute approximate surface area is 111 Å². The van der Waals surface area contributed by atoms with Gasteiger partial charge in [-0.25, -0.2) is 4.57 Å². The molecule has 0 aliphatic carbocycles. The van der Waals surface area contributed by atoms with E-state index in [0.717, 1.165) is 0 Å². The van der Waals surface area contributed by atoms with Crippen molar-refractivity contribution < 1.29 is 18.5 Å². The van der Waals surface area contributed by atoms with Crippen LogP contribution in [0.1, 0.15) is 0 Å². The molecule has 0 radical (unpaired) electrons. The van der Waals surface area contributed by atoms with Gasteiger partial charge in [-0.15, -0.1) is 0 Å². The number of phosphoric acid groups is 1. The minimum absolute atomic E-state index is 0. The Balaban J connectivity index is 0. The zero-order chi connectivity index (χ0) is 8.74. The van der Waals surface area contributed by atoms with Crippen molar-refractivity contribution in [2.24, 2.45) is 0 Å². The minimum atomic E-state index is -3.79. The van der Waals surface area contributed by atoms with E-state index < -0.39 is 7.82 Å². The van der Waals surface area contributed by atoms with Gasteiger partial charge in [0, 0.05) is 10.7 Å². The summed E-state index contributed by atoms with van der Waals surface area (Å²) in [5.74, 6) is 0. The summed E-state index contributed by atoms with van der Waals surface area (Å²) in [5.41, 5.74) is 0. The van der Waals surface area contributed by atoms with Crippen LogP contribution in [-0.4, -0.2) is 58.3 Å². The van der Waals surface area contributed by atoms with Crippen LogP contribution in [0, 0.1) is 0 Å². The van der Waals surface area contributed by atoms with Crippen molar-refractivity contribution in [2.45, 2.75) is 0 Å². The molecule has 70 valence electrons. The maximum absolute atomic E-state index is 10.8. The fourth-order valence-electron chi connectivity index (χ4n) is 0.337. The van der Waals surface area contributed by atoms with E-state index in [1.54, 1.807) is 0 Å². The van der Waals surface area contributed by atoms with Crippen LogP contribution in [0.4, 0.5) is 0 Å². The first-order chi connectivity index (χ1) is 5.12. The molecule has 4 nitrogen and oxygen atoms in total. The molecule has 0 aliphatic rings. The van der Waals surface area contributed by atoms with Crippen LogP contribution in [-0.2, 0) is 13.6 Å². The monoisotopic (exact) mass is 334 g/mol. The summed E-state index contributed by atoms with van der Waals surface area (Å²) in [6, 6.07) is 0. The molecule has 0 aromatic heterocycles. The van der Waals surface area contributed by atoms with E-state index in [4.69, 9.17) is 4.89 Å². The van der Waals surface area contributed by atoms with Crippen LogP contribution >= 0.6 is 39.7 Å². The molecule has 1 N–H and O–H groups in total. The third kappa shape index (κ3) is 10.2. The molecule has 0 saturated heterocycles. The molecule has 0 heterocycles. The van der Waals surface area contributed by atoms with Crippen molar-refractivity contribution >= 4 is 69.2 Å². The van der Waals surface area contributed by atoms with E-state index in [1.165, 1.54) is 0 Å². The van der Waals surface area contributed by atoms with Gasteiger partial charge < -0.3 is 4.89 Å². The predicted molar refractivity (Wildman–Crippen MR) is 56.5 cm³/mol. The Morgan fingerprint density at radius 3 is 1.75 bits per heavy atom. The molecule has 0 aliphatic heterocycles. The second-order valence-electron chi connectivity index (χ2n) is 1.51. The number of alkyl halides is 2. The molecule has 0 bridgehead atoms. The second-order valence-corrected chi connectivity index (χ2v) is 4.55. The SMILES string of the molecule is O=P(O)(OCCBr)OCCBr.[NaH].